The maximum atomic E-state index is 6.10. The predicted octanol–water partition coefficient (Wildman–Crippen LogP) is 12.9. The summed E-state index contributed by atoms with van der Waals surface area (Å²) in [4.78, 5) is 15.2. The van der Waals surface area contributed by atoms with Gasteiger partial charge in [-0.05, 0) is 74.5 Å². The van der Waals surface area contributed by atoms with Crippen molar-refractivity contribution in [2.45, 2.75) is 0 Å². The van der Waals surface area contributed by atoms with Crippen molar-refractivity contribution in [2.24, 2.45) is 0 Å². The first kappa shape index (κ1) is 30.6. The van der Waals surface area contributed by atoms with Crippen LogP contribution >= 0.6 is 0 Å². The van der Waals surface area contributed by atoms with Gasteiger partial charge in [-0.15, -0.1) is 0 Å². The van der Waals surface area contributed by atoms with Crippen LogP contribution in [0.5, 0.6) is 0 Å². The van der Waals surface area contributed by atoms with Crippen molar-refractivity contribution in [3.8, 4) is 67.5 Å². The highest BCUT2D eigenvalue weighted by Crippen LogP contribution is 2.35. The molecule has 0 aliphatic carbocycles. The fourth-order valence-electron chi connectivity index (χ4n) is 7.13. The quantitative estimate of drug-likeness (QED) is 0.176. The number of aromatic nitrogens is 3. The summed E-state index contributed by atoms with van der Waals surface area (Å²) < 4.78 is 6.10. The lowest BCUT2D eigenvalue weighted by Gasteiger charge is -2.11. The molecule has 4 nitrogen and oxygen atoms in total. The van der Waals surface area contributed by atoms with E-state index in [1.807, 2.05) is 24.3 Å². The number of furan rings is 1. The lowest BCUT2D eigenvalue weighted by Crippen LogP contribution is -2.00. The molecular weight excluding hydrogens is 647 g/mol. The van der Waals surface area contributed by atoms with Gasteiger partial charge in [0.25, 0.3) is 0 Å². The Morgan fingerprint density at radius 2 is 0.736 bits per heavy atom. The Hall–Kier alpha value is -7.17. The summed E-state index contributed by atoms with van der Waals surface area (Å²) in [6.07, 6.45) is 0. The van der Waals surface area contributed by atoms with Gasteiger partial charge in [-0.25, -0.2) is 15.0 Å². The minimum atomic E-state index is 0.618. The van der Waals surface area contributed by atoms with Crippen LogP contribution in [-0.4, -0.2) is 15.0 Å². The monoisotopic (exact) mass is 677 g/mol. The van der Waals surface area contributed by atoms with Crippen LogP contribution < -0.4 is 0 Å². The van der Waals surface area contributed by atoms with E-state index in [9.17, 15) is 0 Å². The molecule has 0 aliphatic rings. The van der Waals surface area contributed by atoms with Gasteiger partial charge in [0.2, 0.25) is 0 Å². The smallest absolute Gasteiger partial charge is 0.164 e. The largest absolute Gasteiger partial charge is 0.456 e. The molecule has 53 heavy (non-hydrogen) atoms. The first-order valence-electron chi connectivity index (χ1n) is 17.8. The molecular formula is C49H31N3O. The number of nitrogens with zero attached hydrogens (tertiary/aromatic N) is 3. The van der Waals surface area contributed by atoms with Crippen molar-refractivity contribution in [1.82, 2.24) is 15.0 Å². The van der Waals surface area contributed by atoms with Crippen molar-refractivity contribution in [2.75, 3.05) is 0 Å². The SMILES string of the molecule is c1ccc(-c2ccc(-c3nc(-c4ccc(-c5ccc6ccccc6c5)cc4)nc(-c4cccc(-c5ccc6oc7ccccc7c6c5)c4)n3)cc2)cc1. The molecule has 0 amide bonds. The molecule has 0 fully saturated rings. The first-order valence-corrected chi connectivity index (χ1v) is 17.8. The van der Waals surface area contributed by atoms with E-state index in [0.717, 1.165) is 60.9 Å². The van der Waals surface area contributed by atoms with Gasteiger partial charge in [0, 0.05) is 27.5 Å². The summed E-state index contributed by atoms with van der Waals surface area (Å²) in [5, 5.41) is 4.66. The molecule has 0 saturated carbocycles. The van der Waals surface area contributed by atoms with Gasteiger partial charge in [0.15, 0.2) is 17.5 Å². The minimum Gasteiger partial charge on any atom is -0.456 e. The molecule has 0 atom stereocenters. The van der Waals surface area contributed by atoms with E-state index in [-0.39, 0.29) is 0 Å². The molecule has 0 unspecified atom stereocenters. The van der Waals surface area contributed by atoms with Crippen LogP contribution in [0.25, 0.3) is 100 Å². The van der Waals surface area contributed by atoms with Gasteiger partial charge in [0.1, 0.15) is 11.2 Å². The number of hydrogen-bond donors (Lipinski definition) is 0. The maximum absolute atomic E-state index is 6.10. The van der Waals surface area contributed by atoms with Crippen LogP contribution in [0.4, 0.5) is 0 Å². The topological polar surface area (TPSA) is 51.8 Å². The van der Waals surface area contributed by atoms with Gasteiger partial charge in [-0.2, -0.15) is 0 Å². The van der Waals surface area contributed by atoms with Gasteiger partial charge >= 0.3 is 0 Å². The van der Waals surface area contributed by atoms with Crippen LogP contribution in [0.15, 0.2) is 192 Å². The molecule has 0 saturated heterocycles. The Morgan fingerprint density at radius 3 is 1.49 bits per heavy atom. The molecule has 0 radical (unpaired) electrons. The lowest BCUT2D eigenvalue weighted by molar-refractivity contribution is 0.669. The zero-order valence-electron chi connectivity index (χ0n) is 28.6. The standard InChI is InChI=1S/C49H31N3O/c1-2-9-32(10-3-1)34-17-22-36(23-18-34)47-50-48(37-24-19-35(20-25-37)40-26-21-33-11-4-5-12-38(33)29-40)52-49(51-47)42-14-8-13-39(30-42)41-27-28-46-44(31-41)43-15-6-7-16-45(43)53-46/h1-31H. The van der Waals surface area contributed by atoms with Crippen molar-refractivity contribution in [1.29, 1.82) is 0 Å². The summed E-state index contributed by atoms with van der Waals surface area (Å²) >= 11 is 0. The lowest BCUT2D eigenvalue weighted by atomic mass is 10.00. The van der Waals surface area contributed by atoms with E-state index in [2.05, 4.69) is 164 Å². The highest BCUT2D eigenvalue weighted by atomic mass is 16.3. The summed E-state index contributed by atoms with van der Waals surface area (Å²) in [7, 11) is 0. The zero-order chi connectivity index (χ0) is 35.1. The molecule has 0 bridgehead atoms. The van der Waals surface area contributed by atoms with Crippen LogP contribution in [0, 0.1) is 0 Å². The molecule has 4 heteroatoms. The minimum absolute atomic E-state index is 0.618. The fraction of sp³-hybridized carbons (Fsp3) is 0. The van der Waals surface area contributed by atoms with E-state index in [4.69, 9.17) is 19.4 Å². The van der Waals surface area contributed by atoms with E-state index in [1.54, 1.807) is 0 Å². The van der Waals surface area contributed by atoms with E-state index >= 15 is 0 Å². The van der Waals surface area contributed by atoms with Gasteiger partial charge in [-0.1, -0.05) is 158 Å². The highest BCUT2D eigenvalue weighted by molar-refractivity contribution is 6.06. The molecule has 0 spiro atoms. The van der Waals surface area contributed by atoms with Crippen LogP contribution in [0.2, 0.25) is 0 Å². The van der Waals surface area contributed by atoms with E-state index in [1.165, 1.54) is 21.9 Å². The van der Waals surface area contributed by atoms with Crippen molar-refractivity contribution < 1.29 is 4.42 Å². The number of rotatable bonds is 6. The number of hydrogen-bond acceptors (Lipinski definition) is 4. The molecule has 0 aliphatic heterocycles. The predicted molar refractivity (Wildman–Crippen MR) is 217 cm³/mol. The summed E-state index contributed by atoms with van der Waals surface area (Å²) in [6.45, 7) is 0. The third-order valence-corrected chi connectivity index (χ3v) is 9.94. The number of fused-ring (bicyclic) bond motifs is 4. The molecule has 8 aromatic carbocycles. The normalized spacial score (nSPS) is 11.4. The summed E-state index contributed by atoms with van der Waals surface area (Å²) in [5.41, 5.74) is 11.3. The molecule has 248 valence electrons. The Bertz CT molecular complexity index is 2930. The van der Waals surface area contributed by atoms with Crippen LogP contribution in [0.3, 0.4) is 0 Å². The first-order chi connectivity index (χ1) is 26.2. The second-order valence-corrected chi connectivity index (χ2v) is 13.3. The van der Waals surface area contributed by atoms with Gasteiger partial charge in [0.05, 0.1) is 0 Å². The maximum Gasteiger partial charge on any atom is 0.164 e. The Balaban J connectivity index is 1.06. The average molecular weight is 678 g/mol. The van der Waals surface area contributed by atoms with Crippen molar-refractivity contribution >= 4 is 32.7 Å². The fourth-order valence-corrected chi connectivity index (χ4v) is 7.13. The third kappa shape index (κ3) is 5.82. The Morgan fingerprint density at radius 1 is 0.264 bits per heavy atom. The molecule has 0 N–H and O–H groups in total. The van der Waals surface area contributed by atoms with Crippen LogP contribution in [-0.2, 0) is 0 Å². The van der Waals surface area contributed by atoms with E-state index < -0.39 is 0 Å². The van der Waals surface area contributed by atoms with Gasteiger partial charge < -0.3 is 4.42 Å². The van der Waals surface area contributed by atoms with Crippen molar-refractivity contribution in [3.63, 3.8) is 0 Å². The highest BCUT2D eigenvalue weighted by Gasteiger charge is 2.15. The summed E-state index contributed by atoms with van der Waals surface area (Å²) in [6, 6.07) is 65.3. The molecule has 2 heterocycles. The molecule has 10 rings (SSSR count). The number of benzene rings is 8. The second-order valence-electron chi connectivity index (χ2n) is 13.3. The average Bonchev–Trinajstić information content (AvgIpc) is 3.62. The van der Waals surface area contributed by atoms with Gasteiger partial charge in [-0.3, -0.25) is 0 Å². The number of para-hydroxylation sites is 1. The Kier molecular flexibility index (Phi) is 7.43. The third-order valence-electron chi connectivity index (χ3n) is 9.94. The van der Waals surface area contributed by atoms with Crippen molar-refractivity contribution in [3.05, 3.63) is 188 Å². The van der Waals surface area contributed by atoms with Crippen LogP contribution in [0.1, 0.15) is 0 Å². The zero-order valence-corrected chi connectivity index (χ0v) is 28.6. The molecule has 10 aromatic rings. The summed E-state index contributed by atoms with van der Waals surface area (Å²) in [5.74, 6) is 1.87. The second kappa shape index (κ2) is 12.9. The molecule has 2 aromatic heterocycles. The van der Waals surface area contributed by atoms with E-state index in [0.29, 0.717) is 17.5 Å². The Labute approximate surface area is 306 Å².